The quantitative estimate of drug-likeness (QED) is 0.935. The zero-order valence-corrected chi connectivity index (χ0v) is 12.3. The normalized spacial score (nSPS) is 13.7. The largest absolute Gasteiger partial charge is 0.385 e. The molecular formula is C18H20N2O. The Morgan fingerprint density at radius 1 is 1.10 bits per heavy atom. The maximum atomic E-state index is 12.6. The predicted molar refractivity (Wildman–Crippen MR) is 85.5 cm³/mol. The molecule has 21 heavy (non-hydrogen) atoms. The van der Waals surface area contributed by atoms with Gasteiger partial charge in [0.25, 0.3) is 5.91 Å². The molecule has 3 heteroatoms. The second kappa shape index (κ2) is 6.00. The molecule has 2 aromatic rings. The van der Waals surface area contributed by atoms with Gasteiger partial charge in [-0.2, -0.15) is 0 Å². The van der Waals surface area contributed by atoms with E-state index in [1.165, 1.54) is 11.1 Å². The van der Waals surface area contributed by atoms with Crippen LogP contribution in [0.25, 0.3) is 0 Å². The molecule has 0 fully saturated rings. The van der Waals surface area contributed by atoms with E-state index >= 15 is 0 Å². The minimum Gasteiger partial charge on any atom is -0.385 e. The summed E-state index contributed by atoms with van der Waals surface area (Å²) >= 11 is 0. The molecule has 1 amide bonds. The van der Waals surface area contributed by atoms with Crippen molar-refractivity contribution in [3.63, 3.8) is 0 Å². The molecule has 3 nitrogen and oxygen atoms in total. The van der Waals surface area contributed by atoms with Gasteiger partial charge in [0.2, 0.25) is 0 Å². The van der Waals surface area contributed by atoms with Crippen LogP contribution in [-0.2, 0) is 13.0 Å². The summed E-state index contributed by atoms with van der Waals surface area (Å²) in [7, 11) is 0. The molecule has 3 rings (SSSR count). The molecule has 108 valence electrons. The SMILES string of the molecule is CCNc1ccc(C(=O)N2CCc3ccccc3C2)cc1. The Balaban J connectivity index is 1.74. The third-order valence-corrected chi connectivity index (χ3v) is 3.93. The van der Waals surface area contributed by atoms with Crippen LogP contribution in [0.5, 0.6) is 0 Å². The highest BCUT2D eigenvalue weighted by Crippen LogP contribution is 2.20. The highest BCUT2D eigenvalue weighted by Gasteiger charge is 2.21. The number of hydrogen-bond donors (Lipinski definition) is 1. The molecule has 0 saturated heterocycles. The molecule has 2 aromatic carbocycles. The standard InChI is InChI=1S/C18H20N2O/c1-2-19-17-9-7-15(8-10-17)18(21)20-12-11-14-5-3-4-6-16(14)13-20/h3-10,19H,2,11-13H2,1H3. The van der Waals surface area contributed by atoms with Crippen molar-refractivity contribution in [3.8, 4) is 0 Å². The van der Waals surface area contributed by atoms with Gasteiger partial charge in [0.05, 0.1) is 0 Å². The molecule has 1 aliphatic heterocycles. The summed E-state index contributed by atoms with van der Waals surface area (Å²) in [5.41, 5.74) is 4.44. The summed E-state index contributed by atoms with van der Waals surface area (Å²) in [5.74, 6) is 0.118. The first-order valence-corrected chi connectivity index (χ1v) is 7.48. The van der Waals surface area contributed by atoms with E-state index in [1.54, 1.807) is 0 Å². The van der Waals surface area contributed by atoms with Crippen LogP contribution >= 0.6 is 0 Å². The van der Waals surface area contributed by atoms with Gasteiger partial charge in [-0.15, -0.1) is 0 Å². The first-order chi connectivity index (χ1) is 10.3. The fraction of sp³-hybridized carbons (Fsp3) is 0.278. The number of nitrogens with zero attached hydrogens (tertiary/aromatic N) is 1. The van der Waals surface area contributed by atoms with E-state index in [-0.39, 0.29) is 5.91 Å². The summed E-state index contributed by atoms with van der Waals surface area (Å²) in [6.07, 6.45) is 0.942. The van der Waals surface area contributed by atoms with Crippen LogP contribution in [0.2, 0.25) is 0 Å². The first-order valence-electron chi connectivity index (χ1n) is 7.48. The summed E-state index contributed by atoms with van der Waals surface area (Å²) in [5, 5.41) is 3.24. The summed E-state index contributed by atoms with van der Waals surface area (Å²) in [6, 6.07) is 16.1. The maximum absolute atomic E-state index is 12.6. The molecule has 0 aliphatic carbocycles. The van der Waals surface area contributed by atoms with Crippen LogP contribution in [0, 0.1) is 0 Å². The smallest absolute Gasteiger partial charge is 0.254 e. The van der Waals surface area contributed by atoms with Gasteiger partial charge < -0.3 is 10.2 Å². The van der Waals surface area contributed by atoms with Crippen LogP contribution in [0.1, 0.15) is 28.4 Å². The molecule has 1 heterocycles. The monoisotopic (exact) mass is 280 g/mol. The Morgan fingerprint density at radius 2 is 1.81 bits per heavy atom. The number of anilines is 1. The molecule has 0 unspecified atom stereocenters. The summed E-state index contributed by atoms with van der Waals surface area (Å²) in [6.45, 7) is 4.45. The van der Waals surface area contributed by atoms with Crippen molar-refractivity contribution >= 4 is 11.6 Å². The lowest BCUT2D eigenvalue weighted by Gasteiger charge is -2.29. The van der Waals surface area contributed by atoms with E-state index in [1.807, 2.05) is 35.2 Å². The third-order valence-electron chi connectivity index (χ3n) is 3.93. The van der Waals surface area contributed by atoms with Gasteiger partial charge in [-0.25, -0.2) is 0 Å². The van der Waals surface area contributed by atoms with E-state index in [0.29, 0.717) is 6.54 Å². The van der Waals surface area contributed by atoms with Crippen molar-refractivity contribution in [2.45, 2.75) is 19.9 Å². The Hall–Kier alpha value is -2.29. The van der Waals surface area contributed by atoms with Crippen molar-refractivity contribution in [1.29, 1.82) is 0 Å². The minimum absolute atomic E-state index is 0.118. The van der Waals surface area contributed by atoms with E-state index in [0.717, 1.165) is 30.8 Å². The number of nitrogens with one attached hydrogen (secondary N) is 1. The number of rotatable bonds is 3. The van der Waals surface area contributed by atoms with Crippen LogP contribution in [-0.4, -0.2) is 23.9 Å². The zero-order chi connectivity index (χ0) is 14.7. The third kappa shape index (κ3) is 2.92. The van der Waals surface area contributed by atoms with Gasteiger partial charge >= 0.3 is 0 Å². The van der Waals surface area contributed by atoms with Crippen molar-refractivity contribution < 1.29 is 4.79 Å². The van der Waals surface area contributed by atoms with Gasteiger partial charge in [0.15, 0.2) is 0 Å². The fourth-order valence-electron chi connectivity index (χ4n) is 2.79. The van der Waals surface area contributed by atoms with E-state index in [9.17, 15) is 4.79 Å². The van der Waals surface area contributed by atoms with Crippen molar-refractivity contribution in [1.82, 2.24) is 4.90 Å². The van der Waals surface area contributed by atoms with E-state index in [4.69, 9.17) is 0 Å². The first kappa shape index (κ1) is 13.7. The van der Waals surface area contributed by atoms with Gasteiger partial charge in [0.1, 0.15) is 0 Å². The zero-order valence-electron chi connectivity index (χ0n) is 12.3. The molecule has 0 atom stereocenters. The van der Waals surface area contributed by atoms with Crippen LogP contribution in [0.15, 0.2) is 48.5 Å². The molecule has 0 radical (unpaired) electrons. The summed E-state index contributed by atoms with van der Waals surface area (Å²) in [4.78, 5) is 14.5. The van der Waals surface area contributed by atoms with Crippen LogP contribution in [0.3, 0.4) is 0 Å². The van der Waals surface area contributed by atoms with E-state index < -0.39 is 0 Å². The minimum atomic E-state index is 0.118. The number of fused-ring (bicyclic) bond motifs is 1. The average Bonchev–Trinajstić information content (AvgIpc) is 2.55. The lowest BCUT2D eigenvalue weighted by atomic mass is 9.99. The second-order valence-electron chi connectivity index (χ2n) is 5.35. The van der Waals surface area contributed by atoms with Gasteiger partial charge in [-0.3, -0.25) is 4.79 Å². The van der Waals surface area contributed by atoms with Crippen LogP contribution < -0.4 is 5.32 Å². The van der Waals surface area contributed by atoms with Crippen molar-refractivity contribution in [3.05, 3.63) is 65.2 Å². The topological polar surface area (TPSA) is 32.3 Å². The van der Waals surface area contributed by atoms with Gasteiger partial charge in [-0.05, 0) is 48.7 Å². The molecule has 0 saturated carbocycles. The highest BCUT2D eigenvalue weighted by molar-refractivity contribution is 5.94. The molecule has 0 bridgehead atoms. The Labute approximate surface area is 125 Å². The molecule has 0 spiro atoms. The summed E-state index contributed by atoms with van der Waals surface area (Å²) < 4.78 is 0. The number of amides is 1. The predicted octanol–water partition coefficient (Wildman–Crippen LogP) is 3.32. The van der Waals surface area contributed by atoms with E-state index in [2.05, 4.69) is 30.4 Å². The number of hydrogen-bond acceptors (Lipinski definition) is 2. The molecule has 0 aromatic heterocycles. The molecular weight excluding hydrogens is 260 g/mol. The Morgan fingerprint density at radius 3 is 2.52 bits per heavy atom. The number of carbonyl (C=O) groups excluding carboxylic acids is 1. The van der Waals surface area contributed by atoms with Crippen molar-refractivity contribution in [2.75, 3.05) is 18.4 Å². The lowest BCUT2D eigenvalue weighted by molar-refractivity contribution is 0.0735. The second-order valence-corrected chi connectivity index (χ2v) is 5.35. The average molecular weight is 280 g/mol. The Bertz CT molecular complexity index is 634. The Kier molecular flexibility index (Phi) is 3.91. The lowest BCUT2D eigenvalue weighted by Crippen LogP contribution is -2.35. The van der Waals surface area contributed by atoms with Crippen LogP contribution in [0.4, 0.5) is 5.69 Å². The molecule has 1 aliphatic rings. The van der Waals surface area contributed by atoms with Gasteiger partial charge in [0, 0.05) is 30.9 Å². The van der Waals surface area contributed by atoms with Crippen molar-refractivity contribution in [2.24, 2.45) is 0 Å². The maximum Gasteiger partial charge on any atom is 0.254 e. The highest BCUT2D eigenvalue weighted by atomic mass is 16.2. The fourth-order valence-corrected chi connectivity index (χ4v) is 2.79. The van der Waals surface area contributed by atoms with Gasteiger partial charge in [-0.1, -0.05) is 24.3 Å². The number of benzene rings is 2. The number of carbonyl (C=O) groups is 1. The molecule has 1 N–H and O–H groups in total.